The highest BCUT2D eigenvalue weighted by atomic mass is 19.1. The van der Waals surface area contributed by atoms with Gasteiger partial charge in [0, 0.05) is 26.4 Å². The molecule has 0 saturated heterocycles. The van der Waals surface area contributed by atoms with Crippen LogP contribution in [0.4, 0.5) is 4.39 Å². The molecule has 26 heavy (non-hydrogen) atoms. The summed E-state index contributed by atoms with van der Waals surface area (Å²) in [7, 11) is 1.54. The summed E-state index contributed by atoms with van der Waals surface area (Å²) in [5, 5.41) is 7.97. The molecule has 0 bridgehead atoms. The van der Waals surface area contributed by atoms with Gasteiger partial charge in [0.15, 0.2) is 0 Å². The maximum atomic E-state index is 12.9. The standard InChI is InChI=1S/C19H18FN3O3/c1-23-18(24)11-10-17(22-23)19(25)21-12-13-2-6-15(7-3-13)26-16-8-4-14(20)5-9-16/h2-9H,10-12H2,1H3,(H,21,25). The van der Waals surface area contributed by atoms with Crippen molar-refractivity contribution in [2.24, 2.45) is 5.10 Å². The van der Waals surface area contributed by atoms with E-state index in [9.17, 15) is 14.0 Å². The number of nitrogens with one attached hydrogen (secondary N) is 1. The fraction of sp³-hybridized carbons (Fsp3) is 0.211. The number of carbonyl (C=O) groups excluding carboxylic acids is 2. The lowest BCUT2D eigenvalue weighted by atomic mass is 10.1. The molecule has 0 spiro atoms. The van der Waals surface area contributed by atoms with Crippen molar-refractivity contribution in [2.45, 2.75) is 19.4 Å². The summed E-state index contributed by atoms with van der Waals surface area (Å²) >= 11 is 0. The van der Waals surface area contributed by atoms with E-state index in [4.69, 9.17) is 4.74 Å². The molecule has 0 aromatic heterocycles. The van der Waals surface area contributed by atoms with E-state index in [1.807, 2.05) is 12.1 Å². The van der Waals surface area contributed by atoms with Crippen molar-refractivity contribution in [3.05, 3.63) is 59.9 Å². The zero-order valence-corrected chi connectivity index (χ0v) is 14.2. The molecule has 6 nitrogen and oxygen atoms in total. The summed E-state index contributed by atoms with van der Waals surface area (Å²) in [5.41, 5.74) is 1.24. The Morgan fingerprint density at radius 3 is 2.35 bits per heavy atom. The minimum atomic E-state index is -0.318. The van der Waals surface area contributed by atoms with Crippen molar-refractivity contribution in [3.63, 3.8) is 0 Å². The Morgan fingerprint density at radius 2 is 1.73 bits per heavy atom. The SMILES string of the molecule is CN1N=C(C(=O)NCc2ccc(Oc3ccc(F)cc3)cc2)CCC1=O. The summed E-state index contributed by atoms with van der Waals surface area (Å²) in [6.45, 7) is 0.340. The van der Waals surface area contributed by atoms with Crippen LogP contribution in [0.15, 0.2) is 53.6 Å². The minimum absolute atomic E-state index is 0.0988. The molecule has 0 saturated carbocycles. The molecule has 1 aliphatic rings. The molecule has 0 unspecified atom stereocenters. The number of ether oxygens (including phenoxy) is 1. The molecule has 2 aromatic carbocycles. The molecule has 2 aromatic rings. The second kappa shape index (κ2) is 7.77. The monoisotopic (exact) mass is 355 g/mol. The number of rotatable bonds is 5. The van der Waals surface area contributed by atoms with Crippen LogP contribution in [0.5, 0.6) is 11.5 Å². The second-order valence-electron chi connectivity index (χ2n) is 5.85. The third-order valence-corrected chi connectivity index (χ3v) is 3.90. The van der Waals surface area contributed by atoms with Crippen LogP contribution in [0, 0.1) is 5.82 Å². The number of hydrogen-bond acceptors (Lipinski definition) is 4. The average molecular weight is 355 g/mol. The predicted octanol–water partition coefficient (Wildman–Crippen LogP) is 2.84. The second-order valence-corrected chi connectivity index (χ2v) is 5.85. The van der Waals surface area contributed by atoms with E-state index >= 15 is 0 Å². The first-order chi connectivity index (χ1) is 12.5. The summed E-state index contributed by atoms with van der Waals surface area (Å²) in [6.07, 6.45) is 0.637. The normalized spacial score (nSPS) is 14.0. The fourth-order valence-corrected chi connectivity index (χ4v) is 2.43. The van der Waals surface area contributed by atoms with Crippen molar-refractivity contribution in [2.75, 3.05) is 7.05 Å². The van der Waals surface area contributed by atoms with E-state index in [1.54, 1.807) is 24.3 Å². The van der Waals surface area contributed by atoms with E-state index in [1.165, 1.54) is 24.2 Å². The number of hydrogen-bond donors (Lipinski definition) is 1. The van der Waals surface area contributed by atoms with Crippen LogP contribution in [0.2, 0.25) is 0 Å². The first kappa shape index (κ1) is 17.6. The zero-order valence-electron chi connectivity index (χ0n) is 14.2. The summed E-state index contributed by atoms with van der Waals surface area (Å²) in [6, 6.07) is 13.0. The maximum Gasteiger partial charge on any atom is 0.267 e. The number of halogens is 1. The van der Waals surface area contributed by atoms with Gasteiger partial charge in [0.05, 0.1) is 0 Å². The summed E-state index contributed by atoms with van der Waals surface area (Å²) < 4.78 is 18.5. The molecule has 1 N–H and O–H groups in total. The molecule has 0 atom stereocenters. The Balaban J connectivity index is 1.54. The molecule has 0 aliphatic carbocycles. The molecule has 3 rings (SSSR count). The van der Waals surface area contributed by atoms with E-state index in [0.29, 0.717) is 30.2 Å². The minimum Gasteiger partial charge on any atom is -0.457 e. The highest BCUT2D eigenvalue weighted by Crippen LogP contribution is 2.21. The lowest BCUT2D eigenvalue weighted by molar-refractivity contribution is -0.130. The lowest BCUT2D eigenvalue weighted by Gasteiger charge is -2.18. The number of benzene rings is 2. The third kappa shape index (κ3) is 4.44. The van der Waals surface area contributed by atoms with Crippen LogP contribution in [0.25, 0.3) is 0 Å². The van der Waals surface area contributed by atoms with Gasteiger partial charge in [-0.05, 0) is 42.0 Å². The van der Waals surface area contributed by atoms with Crippen LogP contribution in [-0.2, 0) is 16.1 Å². The van der Waals surface area contributed by atoms with Crippen LogP contribution in [-0.4, -0.2) is 29.6 Å². The summed E-state index contributed by atoms with van der Waals surface area (Å²) in [5.74, 6) is 0.459. The maximum absolute atomic E-state index is 12.9. The quantitative estimate of drug-likeness (QED) is 0.896. The van der Waals surface area contributed by atoms with E-state index in [-0.39, 0.29) is 24.1 Å². The van der Waals surface area contributed by atoms with Crippen LogP contribution in [0.3, 0.4) is 0 Å². The first-order valence-corrected chi connectivity index (χ1v) is 8.16. The largest absolute Gasteiger partial charge is 0.457 e. The van der Waals surface area contributed by atoms with Crippen molar-refractivity contribution in [1.82, 2.24) is 10.3 Å². The number of hydrazone groups is 1. The Kier molecular flexibility index (Phi) is 5.26. The highest BCUT2D eigenvalue weighted by Gasteiger charge is 2.21. The average Bonchev–Trinajstić information content (AvgIpc) is 2.65. The van der Waals surface area contributed by atoms with Gasteiger partial charge >= 0.3 is 0 Å². The fourth-order valence-electron chi connectivity index (χ4n) is 2.43. The van der Waals surface area contributed by atoms with Crippen molar-refractivity contribution in [3.8, 4) is 11.5 Å². The molecular weight excluding hydrogens is 337 g/mol. The molecule has 134 valence electrons. The van der Waals surface area contributed by atoms with E-state index < -0.39 is 0 Å². The first-order valence-electron chi connectivity index (χ1n) is 8.16. The van der Waals surface area contributed by atoms with Gasteiger partial charge in [-0.15, -0.1) is 0 Å². The predicted molar refractivity (Wildman–Crippen MR) is 94.2 cm³/mol. The summed E-state index contributed by atoms with van der Waals surface area (Å²) in [4.78, 5) is 23.5. The lowest BCUT2D eigenvalue weighted by Crippen LogP contribution is -2.37. The van der Waals surface area contributed by atoms with Gasteiger partial charge in [-0.1, -0.05) is 12.1 Å². The molecule has 1 heterocycles. The topological polar surface area (TPSA) is 71.0 Å². The molecule has 1 aliphatic heterocycles. The van der Waals surface area contributed by atoms with E-state index in [2.05, 4.69) is 10.4 Å². The zero-order chi connectivity index (χ0) is 18.5. The number of carbonyl (C=O) groups is 2. The molecular formula is C19H18FN3O3. The van der Waals surface area contributed by atoms with Gasteiger partial charge < -0.3 is 10.1 Å². The van der Waals surface area contributed by atoms with Gasteiger partial charge in [0.25, 0.3) is 5.91 Å². The third-order valence-electron chi connectivity index (χ3n) is 3.90. The van der Waals surface area contributed by atoms with Gasteiger partial charge in [0.2, 0.25) is 5.91 Å². The highest BCUT2D eigenvalue weighted by molar-refractivity contribution is 6.39. The van der Waals surface area contributed by atoms with Crippen molar-refractivity contribution >= 4 is 17.5 Å². The van der Waals surface area contributed by atoms with Crippen LogP contribution >= 0.6 is 0 Å². The van der Waals surface area contributed by atoms with Crippen molar-refractivity contribution < 1.29 is 18.7 Å². The Labute approximate surface area is 150 Å². The number of nitrogens with zero attached hydrogens (tertiary/aromatic N) is 2. The van der Waals surface area contributed by atoms with Crippen LogP contribution < -0.4 is 10.1 Å². The Morgan fingerprint density at radius 1 is 1.12 bits per heavy atom. The van der Waals surface area contributed by atoms with Gasteiger partial charge in [-0.25, -0.2) is 9.40 Å². The Hall–Kier alpha value is -3.22. The van der Waals surface area contributed by atoms with E-state index in [0.717, 1.165) is 5.56 Å². The molecule has 0 fully saturated rings. The molecule has 0 radical (unpaired) electrons. The van der Waals surface area contributed by atoms with Crippen molar-refractivity contribution in [1.29, 1.82) is 0 Å². The molecule has 7 heteroatoms. The van der Waals surface area contributed by atoms with Gasteiger partial charge in [0.1, 0.15) is 23.0 Å². The number of amides is 2. The molecule has 2 amide bonds. The van der Waals surface area contributed by atoms with Gasteiger partial charge in [-0.2, -0.15) is 5.10 Å². The smallest absolute Gasteiger partial charge is 0.267 e. The Bertz CT molecular complexity index is 832. The van der Waals surface area contributed by atoms with Crippen LogP contribution in [0.1, 0.15) is 18.4 Å². The van der Waals surface area contributed by atoms with Gasteiger partial charge in [-0.3, -0.25) is 9.59 Å².